The summed E-state index contributed by atoms with van der Waals surface area (Å²) in [5.41, 5.74) is -0.00855. The normalized spacial score (nSPS) is 16.6. The molecule has 0 spiro atoms. The molecule has 1 saturated carbocycles. The van der Waals surface area contributed by atoms with Gasteiger partial charge in [-0.25, -0.2) is 14.6 Å². The van der Waals surface area contributed by atoms with E-state index in [4.69, 9.17) is 9.52 Å². The Labute approximate surface area is 119 Å². The lowest BCUT2D eigenvalue weighted by Crippen LogP contribution is -2.11. The maximum Gasteiger partial charge on any atom is 0.348 e. The highest BCUT2D eigenvalue weighted by Gasteiger charge is 2.24. The van der Waals surface area contributed by atoms with Crippen molar-refractivity contribution in [2.45, 2.75) is 44.9 Å². The molecule has 1 aliphatic carbocycles. The second-order valence-electron chi connectivity index (χ2n) is 5.22. The third-order valence-electron chi connectivity index (χ3n) is 3.89. The van der Waals surface area contributed by atoms with Gasteiger partial charge >= 0.3 is 11.6 Å². The first-order valence-corrected chi connectivity index (χ1v) is 7.57. The number of aryl methyl sites for hydroxylation is 1. The fourth-order valence-electron chi connectivity index (χ4n) is 2.81. The standard InChI is InChI=1S/C14H15NO4S/c1-7-9-12(20-10(7)13(16)17)15-11(19-14(9)18)8-5-3-2-4-6-8/h8H,2-6H2,1H3,(H,16,17). The van der Waals surface area contributed by atoms with Crippen LogP contribution in [0.3, 0.4) is 0 Å². The van der Waals surface area contributed by atoms with E-state index >= 15 is 0 Å². The van der Waals surface area contributed by atoms with Gasteiger partial charge in [0.05, 0.1) is 0 Å². The van der Waals surface area contributed by atoms with Gasteiger partial charge in [0, 0.05) is 5.92 Å². The molecule has 3 rings (SSSR count). The smallest absolute Gasteiger partial charge is 0.348 e. The molecule has 6 heteroatoms. The van der Waals surface area contributed by atoms with E-state index in [0.717, 1.165) is 37.0 Å². The number of hydrogen-bond donors (Lipinski definition) is 1. The molecule has 0 saturated heterocycles. The van der Waals surface area contributed by atoms with Crippen molar-refractivity contribution in [3.8, 4) is 0 Å². The first-order valence-electron chi connectivity index (χ1n) is 6.75. The molecule has 106 valence electrons. The Kier molecular flexibility index (Phi) is 3.33. The van der Waals surface area contributed by atoms with Crippen LogP contribution in [0.2, 0.25) is 0 Å². The summed E-state index contributed by atoms with van der Waals surface area (Å²) in [6, 6.07) is 0. The van der Waals surface area contributed by atoms with E-state index < -0.39 is 11.6 Å². The third kappa shape index (κ3) is 2.14. The first-order chi connectivity index (χ1) is 9.58. The van der Waals surface area contributed by atoms with Crippen molar-refractivity contribution in [2.75, 3.05) is 0 Å². The van der Waals surface area contributed by atoms with Crippen LogP contribution >= 0.6 is 11.3 Å². The number of aromatic carboxylic acids is 1. The van der Waals surface area contributed by atoms with Gasteiger partial charge in [0.25, 0.3) is 0 Å². The molecular formula is C14H15NO4S. The molecule has 0 aromatic carbocycles. The van der Waals surface area contributed by atoms with E-state index in [1.54, 1.807) is 6.92 Å². The lowest BCUT2D eigenvalue weighted by atomic mass is 9.89. The van der Waals surface area contributed by atoms with Gasteiger partial charge < -0.3 is 9.52 Å². The first kappa shape index (κ1) is 13.3. The molecule has 0 atom stereocenters. The zero-order chi connectivity index (χ0) is 14.3. The number of carboxylic acid groups (broad SMARTS) is 1. The molecule has 0 amide bonds. The maximum atomic E-state index is 12.1. The molecule has 20 heavy (non-hydrogen) atoms. The molecule has 1 N–H and O–H groups in total. The van der Waals surface area contributed by atoms with E-state index in [2.05, 4.69) is 4.98 Å². The average molecular weight is 293 g/mol. The maximum absolute atomic E-state index is 12.1. The summed E-state index contributed by atoms with van der Waals surface area (Å²) in [4.78, 5) is 28.3. The number of thiophene rings is 1. The largest absolute Gasteiger partial charge is 0.477 e. The molecule has 0 unspecified atom stereocenters. The fourth-order valence-corrected chi connectivity index (χ4v) is 3.82. The Balaban J connectivity index is 2.14. The van der Waals surface area contributed by atoms with Crippen LogP contribution < -0.4 is 5.63 Å². The summed E-state index contributed by atoms with van der Waals surface area (Å²) in [6.07, 6.45) is 5.43. The number of aromatic nitrogens is 1. The van der Waals surface area contributed by atoms with Crippen molar-refractivity contribution in [1.29, 1.82) is 0 Å². The van der Waals surface area contributed by atoms with Crippen molar-refractivity contribution < 1.29 is 14.3 Å². The van der Waals surface area contributed by atoms with Gasteiger partial charge in [-0.05, 0) is 25.3 Å². The molecule has 1 fully saturated rings. The summed E-state index contributed by atoms with van der Waals surface area (Å²) in [7, 11) is 0. The van der Waals surface area contributed by atoms with Crippen molar-refractivity contribution in [2.24, 2.45) is 0 Å². The van der Waals surface area contributed by atoms with Crippen LogP contribution in [0.25, 0.3) is 10.2 Å². The van der Waals surface area contributed by atoms with Crippen molar-refractivity contribution in [3.63, 3.8) is 0 Å². The monoisotopic (exact) mass is 293 g/mol. The van der Waals surface area contributed by atoms with Crippen LogP contribution in [-0.2, 0) is 0 Å². The van der Waals surface area contributed by atoms with Gasteiger partial charge in [-0.3, -0.25) is 0 Å². The minimum Gasteiger partial charge on any atom is -0.477 e. The van der Waals surface area contributed by atoms with Crippen LogP contribution in [0.15, 0.2) is 9.21 Å². The van der Waals surface area contributed by atoms with Crippen molar-refractivity contribution >= 4 is 27.5 Å². The van der Waals surface area contributed by atoms with E-state index in [0.29, 0.717) is 21.7 Å². The number of carboxylic acids is 1. The van der Waals surface area contributed by atoms with E-state index in [9.17, 15) is 9.59 Å². The van der Waals surface area contributed by atoms with Crippen molar-refractivity contribution in [1.82, 2.24) is 4.98 Å². The van der Waals surface area contributed by atoms with E-state index in [1.165, 1.54) is 6.42 Å². The van der Waals surface area contributed by atoms with Gasteiger partial charge in [-0.1, -0.05) is 19.3 Å². The fraction of sp³-hybridized carbons (Fsp3) is 0.500. The Bertz CT molecular complexity index is 725. The van der Waals surface area contributed by atoms with Gasteiger partial charge in [0.2, 0.25) is 5.89 Å². The second kappa shape index (κ2) is 5.01. The number of nitrogens with zero attached hydrogens (tertiary/aromatic N) is 1. The molecule has 0 aliphatic heterocycles. The molecule has 2 aromatic heterocycles. The highest BCUT2D eigenvalue weighted by atomic mass is 32.1. The predicted octanol–water partition coefficient (Wildman–Crippen LogP) is 3.30. The van der Waals surface area contributed by atoms with Gasteiger partial charge in [0.1, 0.15) is 15.1 Å². The van der Waals surface area contributed by atoms with Crippen LogP contribution in [-0.4, -0.2) is 16.1 Å². The second-order valence-corrected chi connectivity index (χ2v) is 6.22. The van der Waals surface area contributed by atoms with E-state index in [-0.39, 0.29) is 10.8 Å². The highest BCUT2D eigenvalue weighted by molar-refractivity contribution is 7.20. The number of rotatable bonds is 2. The summed E-state index contributed by atoms with van der Waals surface area (Å²) in [5, 5.41) is 9.44. The quantitative estimate of drug-likeness (QED) is 0.918. The zero-order valence-corrected chi connectivity index (χ0v) is 12.0. The Morgan fingerprint density at radius 2 is 2.05 bits per heavy atom. The average Bonchev–Trinajstić information content (AvgIpc) is 2.77. The molecule has 5 nitrogen and oxygen atoms in total. The van der Waals surface area contributed by atoms with Gasteiger partial charge in [-0.15, -0.1) is 11.3 Å². The minimum atomic E-state index is -1.02. The zero-order valence-electron chi connectivity index (χ0n) is 11.1. The van der Waals surface area contributed by atoms with Gasteiger partial charge in [0.15, 0.2) is 0 Å². The lowest BCUT2D eigenvalue weighted by molar-refractivity contribution is 0.0701. The molecule has 1 aliphatic rings. The van der Waals surface area contributed by atoms with E-state index in [1.807, 2.05) is 0 Å². The van der Waals surface area contributed by atoms with Gasteiger partial charge in [-0.2, -0.15) is 0 Å². The summed E-state index contributed by atoms with van der Waals surface area (Å²) < 4.78 is 5.35. The Morgan fingerprint density at radius 1 is 1.35 bits per heavy atom. The third-order valence-corrected chi connectivity index (χ3v) is 5.06. The van der Waals surface area contributed by atoms with Crippen LogP contribution in [0, 0.1) is 6.92 Å². The molecular weight excluding hydrogens is 278 g/mol. The van der Waals surface area contributed by atoms with Crippen LogP contribution in [0.5, 0.6) is 0 Å². The highest BCUT2D eigenvalue weighted by Crippen LogP contribution is 2.33. The van der Waals surface area contributed by atoms with Crippen molar-refractivity contribution in [3.05, 3.63) is 26.8 Å². The predicted molar refractivity (Wildman–Crippen MR) is 75.7 cm³/mol. The summed E-state index contributed by atoms with van der Waals surface area (Å²) in [5.74, 6) is -0.360. The Hall–Kier alpha value is -1.69. The number of hydrogen-bond acceptors (Lipinski definition) is 5. The minimum absolute atomic E-state index is 0.167. The lowest BCUT2D eigenvalue weighted by Gasteiger charge is -2.18. The van der Waals surface area contributed by atoms with Crippen LogP contribution in [0.1, 0.15) is 59.1 Å². The summed E-state index contributed by atoms with van der Waals surface area (Å²) >= 11 is 1.05. The Morgan fingerprint density at radius 3 is 2.70 bits per heavy atom. The number of fused-ring (bicyclic) bond motifs is 1. The molecule has 0 bridgehead atoms. The topological polar surface area (TPSA) is 80.4 Å². The van der Waals surface area contributed by atoms with Crippen LogP contribution in [0.4, 0.5) is 0 Å². The molecule has 2 aromatic rings. The number of carbonyl (C=O) groups is 1. The molecule has 0 radical (unpaired) electrons. The SMILES string of the molecule is Cc1c(C(=O)O)sc2nc(C3CCCCC3)oc(=O)c12. The molecule has 2 heterocycles. The summed E-state index contributed by atoms with van der Waals surface area (Å²) in [6.45, 7) is 1.63.